The minimum absolute atomic E-state index is 0.0724. The lowest BCUT2D eigenvalue weighted by atomic mass is 9.80. The Morgan fingerprint density at radius 1 is 0.793 bits per heavy atom. The first-order valence-electron chi connectivity index (χ1n) is 10.3. The van der Waals surface area contributed by atoms with Crippen LogP contribution in [0.3, 0.4) is 0 Å². The zero-order valence-electron chi connectivity index (χ0n) is 19.3. The molecule has 0 aliphatic heterocycles. The number of aromatic hydroxyl groups is 2. The molecular weight excluding hydrogens is 356 g/mol. The highest BCUT2D eigenvalue weighted by molar-refractivity contribution is 5.71. The molecule has 0 spiro atoms. The van der Waals surface area contributed by atoms with Crippen LogP contribution in [-0.2, 0) is 5.41 Å². The van der Waals surface area contributed by atoms with Gasteiger partial charge in [0.1, 0.15) is 11.5 Å². The SMILES string of the molecule is C=C(C)c1cc(C(C)C)c(O)c(C(C)c2cc(C(C)(C)C)cc(C(=C)C)c2O)c1. The monoisotopic (exact) mass is 392 g/mol. The first-order valence-corrected chi connectivity index (χ1v) is 10.3. The molecule has 2 N–H and O–H groups in total. The van der Waals surface area contributed by atoms with Crippen molar-refractivity contribution in [1.29, 1.82) is 0 Å². The molecule has 2 heteroatoms. The molecule has 0 radical (unpaired) electrons. The zero-order chi connectivity index (χ0) is 22.3. The summed E-state index contributed by atoms with van der Waals surface area (Å²) in [6, 6.07) is 8.10. The number of rotatable bonds is 5. The molecular formula is C27H36O2. The van der Waals surface area contributed by atoms with Gasteiger partial charge < -0.3 is 10.2 Å². The van der Waals surface area contributed by atoms with Crippen molar-refractivity contribution in [3.8, 4) is 11.5 Å². The van der Waals surface area contributed by atoms with E-state index in [2.05, 4.69) is 53.8 Å². The Bertz CT molecular complexity index is 955. The molecule has 1 unspecified atom stereocenters. The van der Waals surface area contributed by atoms with E-state index in [1.54, 1.807) is 0 Å². The number of allylic oxidation sites excluding steroid dienone is 2. The Morgan fingerprint density at radius 3 is 1.76 bits per heavy atom. The number of hydrogen-bond donors (Lipinski definition) is 2. The van der Waals surface area contributed by atoms with Crippen LogP contribution < -0.4 is 0 Å². The van der Waals surface area contributed by atoms with Gasteiger partial charge in [-0.05, 0) is 65.6 Å². The van der Waals surface area contributed by atoms with Crippen molar-refractivity contribution in [1.82, 2.24) is 0 Å². The maximum absolute atomic E-state index is 11.1. The number of phenolic OH excluding ortho intramolecular Hbond substituents is 2. The smallest absolute Gasteiger partial charge is 0.126 e. The first kappa shape index (κ1) is 22.8. The van der Waals surface area contributed by atoms with Crippen LogP contribution in [0.1, 0.15) is 101 Å². The largest absolute Gasteiger partial charge is 0.507 e. The van der Waals surface area contributed by atoms with Gasteiger partial charge >= 0.3 is 0 Å². The zero-order valence-corrected chi connectivity index (χ0v) is 19.3. The van der Waals surface area contributed by atoms with Gasteiger partial charge in [-0.3, -0.25) is 0 Å². The summed E-state index contributed by atoms with van der Waals surface area (Å²) in [5.74, 6) is 0.534. The summed E-state index contributed by atoms with van der Waals surface area (Å²) in [5.41, 5.74) is 7.13. The number of hydrogen-bond acceptors (Lipinski definition) is 2. The molecule has 0 saturated carbocycles. The van der Waals surface area contributed by atoms with E-state index in [1.165, 1.54) is 0 Å². The van der Waals surface area contributed by atoms with Gasteiger partial charge in [0.15, 0.2) is 0 Å². The standard InChI is InChI=1S/C27H36O2/c1-15(2)19-11-21(16(3)4)25(28)23(12-19)18(7)24-14-20(27(8,9)10)13-22(17(5)6)26(24)29/h11-14,16,18,28-29H,1,5H2,2-4,6-10H3. The molecule has 1 atom stereocenters. The summed E-state index contributed by atoms with van der Waals surface area (Å²) in [6.07, 6.45) is 0. The topological polar surface area (TPSA) is 40.5 Å². The van der Waals surface area contributed by atoms with Crippen LogP contribution in [0.5, 0.6) is 11.5 Å². The third kappa shape index (κ3) is 4.58. The summed E-state index contributed by atoms with van der Waals surface area (Å²) in [6.45, 7) is 24.7. The fourth-order valence-electron chi connectivity index (χ4n) is 3.61. The van der Waals surface area contributed by atoms with Gasteiger partial charge in [-0.25, -0.2) is 0 Å². The average molecular weight is 393 g/mol. The molecule has 2 aromatic rings. The van der Waals surface area contributed by atoms with E-state index in [-0.39, 0.29) is 23.0 Å². The molecule has 0 saturated heterocycles. The Labute approximate surface area is 176 Å². The fourth-order valence-corrected chi connectivity index (χ4v) is 3.61. The second kappa shape index (κ2) is 8.10. The van der Waals surface area contributed by atoms with E-state index in [1.807, 2.05) is 39.0 Å². The minimum atomic E-state index is -0.188. The van der Waals surface area contributed by atoms with Crippen molar-refractivity contribution in [3.63, 3.8) is 0 Å². The molecule has 0 bridgehead atoms. The van der Waals surface area contributed by atoms with Gasteiger partial charge in [0, 0.05) is 22.6 Å². The maximum atomic E-state index is 11.1. The van der Waals surface area contributed by atoms with E-state index in [4.69, 9.17) is 0 Å². The fraction of sp³-hybridized carbons (Fsp3) is 0.407. The van der Waals surface area contributed by atoms with Gasteiger partial charge in [-0.1, -0.05) is 66.3 Å². The van der Waals surface area contributed by atoms with Crippen LogP contribution >= 0.6 is 0 Å². The van der Waals surface area contributed by atoms with E-state index in [9.17, 15) is 10.2 Å². The second-order valence-corrected chi connectivity index (χ2v) is 9.65. The lowest BCUT2D eigenvalue weighted by Crippen LogP contribution is -2.13. The Balaban J connectivity index is 2.81. The van der Waals surface area contributed by atoms with Gasteiger partial charge in [0.05, 0.1) is 0 Å². The van der Waals surface area contributed by atoms with Crippen LogP contribution in [0.15, 0.2) is 37.4 Å². The van der Waals surface area contributed by atoms with E-state index in [0.717, 1.165) is 44.5 Å². The Kier molecular flexibility index (Phi) is 6.37. The van der Waals surface area contributed by atoms with Crippen LogP contribution in [0, 0.1) is 0 Å². The Hall–Kier alpha value is -2.48. The van der Waals surface area contributed by atoms with Gasteiger partial charge in [0.2, 0.25) is 0 Å². The van der Waals surface area contributed by atoms with Crippen molar-refractivity contribution >= 4 is 11.1 Å². The molecule has 2 nitrogen and oxygen atoms in total. The lowest BCUT2D eigenvalue weighted by molar-refractivity contribution is 0.449. The van der Waals surface area contributed by atoms with E-state index >= 15 is 0 Å². The summed E-state index contributed by atoms with van der Waals surface area (Å²) in [4.78, 5) is 0. The molecule has 0 aliphatic rings. The summed E-state index contributed by atoms with van der Waals surface area (Å²) < 4.78 is 0. The molecule has 2 rings (SSSR count). The molecule has 0 heterocycles. The Morgan fingerprint density at radius 2 is 1.31 bits per heavy atom. The van der Waals surface area contributed by atoms with Gasteiger partial charge in [-0.15, -0.1) is 0 Å². The van der Waals surface area contributed by atoms with Gasteiger partial charge in [-0.2, -0.15) is 0 Å². The molecule has 2 aromatic carbocycles. The van der Waals surface area contributed by atoms with Crippen molar-refractivity contribution in [2.45, 2.75) is 72.6 Å². The molecule has 156 valence electrons. The van der Waals surface area contributed by atoms with Crippen LogP contribution in [0.2, 0.25) is 0 Å². The van der Waals surface area contributed by atoms with Gasteiger partial charge in [0.25, 0.3) is 0 Å². The molecule has 29 heavy (non-hydrogen) atoms. The average Bonchev–Trinajstić information content (AvgIpc) is 2.59. The summed E-state index contributed by atoms with van der Waals surface area (Å²) in [7, 11) is 0. The highest BCUT2D eigenvalue weighted by Crippen LogP contribution is 2.44. The lowest BCUT2D eigenvalue weighted by Gasteiger charge is -2.26. The number of benzene rings is 2. The highest BCUT2D eigenvalue weighted by Gasteiger charge is 2.25. The van der Waals surface area contributed by atoms with Crippen molar-refractivity contribution in [3.05, 3.63) is 70.8 Å². The van der Waals surface area contributed by atoms with E-state index < -0.39 is 0 Å². The molecule has 0 aromatic heterocycles. The minimum Gasteiger partial charge on any atom is -0.507 e. The quantitative estimate of drug-likeness (QED) is 0.546. The molecule has 0 fully saturated rings. The number of phenols is 2. The van der Waals surface area contributed by atoms with Crippen LogP contribution in [-0.4, -0.2) is 10.2 Å². The normalized spacial score (nSPS) is 12.9. The highest BCUT2D eigenvalue weighted by atomic mass is 16.3. The third-order valence-corrected chi connectivity index (χ3v) is 5.68. The van der Waals surface area contributed by atoms with E-state index in [0.29, 0.717) is 5.75 Å². The first-order chi connectivity index (χ1) is 13.3. The third-order valence-electron chi connectivity index (χ3n) is 5.68. The molecule has 0 aliphatic carbocycles. The second-order valence-electron chi connectivity index (χ2n) is 9.65. The predicted octanol–water partition coefficient (Wildman–Crippen LogP) is 7.74. The maximum Gasteiger partial charge on any atom is 0.126 e. The van der Waals surface area contributed by atoms with Crippen molar-refractivity contribution in [2.24, 2.45) is 0 Å². The van der Waals surface area contributed by atoms with Crippen molar-refractivity contribution < 1.29 is 10.2 Å². The summed E-state index contributed by atoms with van der Waals surface area (Å²) in [5, 5.41) is 22.1. The summed E-state index contributed by atoms with van der Waals surface area (Å²) >= 11 is 0. The van der Waals surface area contributed by atoms with Crippen LogP contribution in [0.25, 0.3) is 11.1 Å². The predicted molar refractivity (Wildman–Crippen MR) is 126 cm³/mol. The van der Waals surface area contributed by atoms with Crippen LogP contribution in [0.4, 0.5) is 0 Å². The molecule has 0 amide bonds. The van der Waals surface area contributed by atoms with Crippen molar-refractivity contribution in [2.75, 3.05) is 0 Å².